The number of nitrogen functional groups attached to an aromatic ring is 2. The molecule has 2 aromatic rings. The highest BCUT2D eigenvalue weighted by atomic mass is 15.1. The van der Waals surface area contributed by atoms with Crippen molar-refractivity contribution in [2.75, 3.05) is 16.8 Å². The number of nitrogens with one attached hydrogen (secondary N) is 1. The minimum Gasteiger partial charge on any atom is -0.399 e. The number of nitrogens with zero attached hydrogens (tertiary/aromatic N) is 2. The second kappa shape index (κ2) is 4.48. The number of hydrogen-bond donors (Lipinski definition) is 3. The second-order valence-corrected chi connectivity index (χ2v) is 3.40. The average molecular weight is 215 g/mol. The Bertz CT molecular complexity index is 438. The van der Waals surface area contributed by atoms with Gasteiger partial charge >= 0.3 is 0 Å². The monoisotopic (exact) mass is 215 g/mol. The van der Waals surface area contributed by atoms with Crippen molar-refractivity contribution in [2.24, 2.45) is 0 Å². The van der Waals surface area contributed by atoms with Gasteiger partial charge in [0.15, 0.2) is 0 Å². The molecule has 0 atom stereocenters. The van der Waals surface area contributed by atoms with Crippen molar-refractivity contribution in [3.63, 3.8) is 0 Å². The second-order valence-electron chi connectivity index (χ2n) is 3.40. The molecule has 0 bridgehead atoms. The van der Waals surface area contributed by atoms with Crippen LogP contribution in [-0.2, 0) is 6.54 Å². The topological polar surface area (TPSA) is 89.8 Å². The molecule has 0 aliphatic heterocycles. The molecular formula is C11H13N5. The lowest BCUT2D eigenvalue weighted by Crippen LogP contribution is -2.04. The van der Waals surface area contributed by atoms with Crippen molar-refractivity contribution in [1.29, 1.82) is 0 Å². The van der Waals surface area contributed by atoms with Crippen LogP contribution in [0.3, 0.4) is 0 Å². The summed E-state index contributed by atoms with van der Waals surface area (Å²) in [5.41, 5.74) is 13.0. The molecule has 0 spiro atoms. The molecular weight excluding hydrogens is 202 g/mol. The Kier molecular flexibility index (Phi) is 2.86. The van der Waals surface area contributed by atoms with Crippen LogP contribution < -0.4 is 16.8 Å². The van der Waals surface area contributed by atoms with Gasteiger partial charge in [0.2, 0.25) is 5.95 Å². The highest BCUT2D eigenvalue weighted by Gasteiger charge is 1.96. The third-order valence-electron chi connectivity index (χ3n) is 2.10. The van der Waals surface area contributed by atoms with Crippen molar-refractivity contribution < 1.29 is 0 Å². The van der Waals surface area contributed by atoms with Crippen molar-refractivity contribution in [1.82, 2.24) is 9.97 Å². The summed E-state index contributed by atoms with van der Waals surface area (Å²) in [6.45, 7) is 0.654. The van der Waals surface area contributed by atoms with Gasteiger partial charge < -0.3 is 16.8 Å². The van der Waals surface area contributed by atoms with Crippen LogP contribution in [0.4, 0.5) is 17.5 Å². The van der Waals surface area contributed by atoms with E-state index in [4.69, 9.17) is 11.5 Å². The van der Waals surface area contributed by atoms with Gasteiger partial charge in [0.1, 0.15) is 5.82 Å². The van der Waals surface area contributed by atoms with E-state index >= 15 is 0 Å². The number of anilines is 3. The predicted octanol–water partition coefficient (Wildman–Crippen LogP) is 1.25. The van der Waals surface area contributed by atoms with E-state index < -0.39 is 0 Å². The molecule has 0 aliphatic carbocycles. The molecule has 0 saturated heterocycles. The Morgan fingerprint density at radius 3 is 2.81 bits per heavy atom. The third kappa shape index (κ3) is 2.60. The molecule has 0 aliphatic rings. The summed E-state index contributed by atoms with van der Waals surface area (Å²) in [4.78, 5) is 7.85. The fourth-order valence-electron chi connectivity index (χ4n) is 1.37. The standard InChI is InChI=1S/C11H13N5/c12-9-3-1-2-8(6-9)7-15-10-4-5-14-11(13)16-10/h1-6H,7,12H2,(H3,13,14,15,16). The minimum absolute atomic E-state index is 0.262. The smallest absolute Gasteiger partial charge is 0.221 e. The SMILES string of the molecule is Nc1cccc(CNc2ccnc(N)n2)c1. The fourth-order valence-corrected chi connectivity index (χ4v) is 1.37. The van der Waals surface area contributed by atoms with Crippen LogP contribution in [-0.4, -0.2) is 9.97 Å². The van der Waals surface area contributed by atoms with Gasteiger partial charge in [0.25, 0.3) is 0 Å². The quantitative estimate of drug-likeness (QED) is 0.670. The molecule has 0 amide bonds. The van der Waals surface area contributed by atoms with E-state index in [-0.39, 0.29) is 5.95 Å². The first kappa shape index (κ1) is 10.2. The molecule has 0 radical (unpaired) electrons. The minimum atomic E-state index is 0.262. The number of hydrogen-bond acceptors (Lipinski definition) is 5. The Morgan fingerprint density at radius 2 is 2.06 bits per heavy atom. The van der Waals surface area contributed by atoms with E-state index in [0.29, 0.717) is 12.4 Å². The van der Waals surface area contributed by atoms with Gasteiger partial charge in [0.05, 0.1) is 0 Å². The summed E-state index contributed by atoms with van der Waals surface area (Å²) in [5, 5.41) is 3.14. The van der Waals surface area contributed by atoms with Crippen molar-refractivity contribution in [3.8, 4) is 0 Å². The van der Waals surface area contributed by atoms with E-state index in [1.165, 1.54) is 0 Å². The zero-order valence-electron chi connectivity index (χ0n) is 8.72. The average Bonchev–Trinajstić information content (AvgIpc) is 2.27. The molecule has 5 heteroatoms. The van der Waals surface area contributed by atoms with Gasteiger partial charge in [-0.3, -0.25) is 0 Å². The summed E-state index contributed by atoms with van der Waals surface area (Å²) in [6.07, 6.45) is 1.62. The summed E-state index contributed by atoms with van der Waals surface area (Å²) in [7, 11) is 0. The molecule has 5 nitrogen and oxygen atoms in total. The Balaban J connectivity index is 2.02. The van der Waals surface area contributed by atoms with E-state index in [2.05, 4.69) is 15.3 Å². The lowest BCUT2D eigenvalue weighted by atomic mass is 10.2. The molecule has 0 unspecified atom stereocenters. The Labute approximate surface area is 93.5 Å². The van der Waals surface area contributed by atoms with Gasteiger partial charge in [0, 0.05) is 18.4 Å². The molecule has 0 saturated carbocycles. The molecule has 1 aromatic heterocycles. The lowest BCUT2D eigenvalue weighted by molar-refractivity contribution is 1.09. The number of nitrogens with two attached hydrogens (primary N) is 2. The van der Waals surface area contributed by atoms with Gasteiger partial charge in [-0.25, -0.2) is 4.98 Å². The zero-order chi connectivity index (χ0) is 11.4. The Hall–Kier alpha value is -2.30. The molecule has 82 valence electrons. The number of benzene rings is 1. The summed E-state index contributed by atoms with van der Waals surface area (Å²) >= 11 is 0. The Morgan fingerprint density at radius 1 is 1.19 bits per heavy atom. The first-order chi connectivity index (χ1) is 7.74. The number of rotatable bonds is 3. The molecule has 1 aromatic carbocycles. The van der Waals surface area contributed by atoms with Gasteiger partial charge in [-0.15, -0.1) is 0 Å². The predicted molar refractivity (Wildman–Crippen MR) is 64.6 cm³/mol. The zero-order valence-corrected chi connectivity index (χ0v) is 8.72. The normalized spacial score (nSPS) is 10.0. The van der Waals surface area contributed by atoms with Crippen molar-refractivity contribution >= 4 is 17.5 Å². The van der Waals surface area contributed by atoms with Crippen molar-refractivity contribution in [3.05, 3.63) is 42.1 Å². The van der Waals surface area contributed by atoms with Crippen molar-refractivity contribution in [2.45, 2.75) is 6.54 Å². The maximum atomic E-state index is 5.68. The van der Waals surface area contributed by atoms with Crippen LogP contribution in [0, 0.1) is 0 Å². The molecule has 0 fully saturated rings. The lowest BCUT2D eigenvalue weighted by Gasteiger charge is -2.06. The third-order valence-corrected chi connectivity index (χ3v) is 2.10. The molecule has 2 rings (SSSR count). The largest absolute Gasteiger partial charge is 0.399 e. The first-order valence-corrected chi connectivity index (χ1v) is 4.91. The molecule has 16 heavy (non-hydrogen) atoms. The maximum absolute atomic E-state index is 5.68. The number of aromatic nitrogens is 2. The highest BCUT2D eigenvalue weighted by molar-refractivity contribution is 5.43. The van der Waals surface area contributed by atoms with Gasteiger partial charge in [-0.05, 0) is 23.8 Å². The van der Waals surface area contributed by atoms with Crippen LogP contribution in [0.25, 0.3) is 0 Å². The van der Waals surface area contributed by atoms with Gasteiger partial charge in [-0.1, -0.05) is 12.1 Å². The summed E-state index contributed by atoms with van der Waals surface area (Å²) < 4.78 is 0. The van der Waals surface area contributed by atoms with Crippen LogP contribution in [0.1, 0.15) is 5.56 Å². The van der Waals surface area contributed by atoms with Gasteiger partial charge in [-0.2, -0.15) is 4.98 Å². The van der Waals surface area contributed by atoms with Crippen LogP contribution in [0.2, 0.25) is 0 Å². The van der Waals surface area contributed by atoms with E-state index in [9.17, 15) is 0 Å². The molecule has 1 heterocycles. The summed E-state index contributed by atoms with van der Waals surface area (Å²) in [5.74, 6) is 0.965. The first-order valence-electron chi connectivity index (χ1n) is 4.91. The van der Waals surface area contributed by atoms with Crippen LogP contribution >= 0.6 is 0 Å². The van der Waals surface area contributed by atoms with E-state index in [0.717, 1.165) is 11.3 Å². The highest BCUT2D eigenvalue weighted by Crippen LogP contribution is 2.09. The summed E-state index contributed by atoms with van der Waals surface area (Å²) in [6, 6.07) is 9.45. The maximum Gasteiger partial charge on any atom is 0.221 e. The molecule has 5 N–H and O–H groups in total. The fraction of sp³-hybridized carbons (Fsp3) is 0.0909. The van der Waals surface area contributed by atoms with Crippen LogP contribution in [0.15, 0.2) is 36.5 Å². The van der Waals surface area contributed by atoms with E-state index in [1.54, 1.807) is 12.3 Å². The van der Waals surface area contributed by atoms with Crippen LogP contribution in [0.5, 0.6) is 0 Å². The van der Waals surface area contributed by atoms with E-state index in [1.807, 2.05) is 24.3 Å².